The fraction of sp³-hybridized carbons (Fsp3) is 0.588. The highest BCUT2D eigenvalue weighted by molar-refractivity contribution is 6.31. The van der Waals surface area contributed by atoms with Gasteiger partial charge in [-0.25, -0.2) is 0 Å². The van der Waals surface area contributed by atoms with Crippen LogP contribution in [0, 0.1) is 0 Å². The van der Waals surface area contributed by atoms with Crippen molar-refractivity contribution in [3.05, 3.63) is 28.8 Å². The Morgan fingerprint density at radius 1 is 1.36 bits per heavy atom. The second kappa shape index (κ2) is 6.88. The molecule has 0 radical (unpaired) electrons. The molecule has 3 rings (SSSR count). The molecule has 1 N–H and O–H groups in total. The highest BCUT2D eigenvalue weighted by Gasteiger charge is 2.32. The normalized spacial score (nSPS) is 24.2. The van der Waals surface area contributed by atoms with Crippen LogP contribution in [-0.2, 0) is 0 Å². The number of carbonyl (C=O) groups excluding carboxylic acids is 1. The van der Waals surface area contributed by atoms with Crippen molar-refractivity contribution < 1.29 is 9.53 Å². The minimum atomic E-state index is 0.0305. The third-order valence-corrected chi connectivity index (χ3v) is 4.68. The summed E-state index contributed by atoms with van der Waals surface area (Å²) >= 11 is 6.09. The van der Waals surface area contributed by atoms with E-state index in [0.29, 0.717) is 35.0 Å². The molecule has 2 fully saturated rings. The van der Waals surface area contributed by atoms with E-state index in [0.717, 1.165) is 32.4 Å². The zero-order valence-corrected chi connectivity index (χ0v) is 13.7. The minimum Gasteiger partial charge on any atom is -0.493 e. The van der Waals surface area contributed by atoms with E-state index in [4.69, 9.17) is 16.3 Å². The first-order valence-corrected chi connectivity index (χ1v) is 8.53. The molecule has 2 saturated heterocycles. The van der Waals surface area contributed by atoms with Crippen LogP contribution < -0.4 is 10.1 Å². The summed E-state index contributed by atoms with van der Waals surface area (Å²) < 4.78 is 5.72. The van der Waals surface area contributed by atoms with E-state index in [-0.39, 0.29) is 5.91 Å². The van der Waals surface area contributed by atoms with Gasteiger partial charge in [0, 0.05) is 30.2 Å². The number of rotatable bonds is 4. The first-order valence-electron chi connectivity index (χ1n) is 8.15. The lowest BCUT2D eigenvalue weighted by Crippen LogP contribution is -2.39. The van der Waals surface area contributed by atoms with Crippen molar-refractivity contribution in [1.82, 2.24) is 10.2 Å². The number of nitrogens with one attached hydrogen (secondary N) is 1. The Morgan fingerprint density at radius 2 is 2.18 bits per heavy atom. The molecule has 1 aromatic carbocycles. The van der Waals surface area contributed by atoms with Crippen LogP contribution >= 0.6 is 11.6 Å². The Kier molecular flexibility index (Phi) is 4.89. The summed E-state index contributed by atoms with van der Waals surface area (Å²) in [6.45, 7) is 4.23. The first kappa shape index (κ1) is 15.6. The maximum Gasteiger partial charge on any atom is 0.257 e. The third kappa shape index (κ3) is 3.39. The molecule has 2 unspecified atom stereocenters. The number of carbonyl (C=O) groups is 1. The van der Waals surface area contributed by atoms with Crippen LogP contribution in [0.4, 0.5) is 0 Å². The highest BCUT2D eigenvalue weighted by Crippen LogP contribution is 2.27. The van der Waals surface area contributed by atoms with Crippen LogP contribution in [0.5, 0.6) is 5.75 Å². The maximum absolute atomic E-state index is 12.9. The summed E-state index contributed by atoms with van der Waals surface area (Å²) in [5.41, 5.74) is 0.582. The number of hydrogen-bond donors (Lipinski definition) is 1. The van der Waals surface area contributed by atoms with E-state index >= 15 is 0 Å². The van der Waals surface area contributed by atoms with Crippen molar-refractivity contribution in [2.24, 2.45) is 0 Å². The minimum absolute atomic E-state index is 0.0305. The molecule has 0 aromatic heterocycles. The van der Waals surface area contributed by atoms with Gasteiger partial charge in [0.25, 0.3) is 5.91 Å². The Bertz CT molecular complexity index is 549. The zero-order valence-electron chi connectivity index (χ0n) is 13.0. The van der Waals surface area contributed by atoms with Crippen molar-refractivity contribution >= 4 is 17.5 Å². The largest absolute Gasteiger partial charge is 0.493 e. The zero-order chi connectivity index (χ0) is 15.5. The SMILES string of the molecule is CCCOc1ccc(Cl)cc1C(=O)N1CCC2CCC(C1)N2. The van der Waals surface area contributed by atoms with Gasteiger partial charge in [0.15, 0.2) is 0 Å². The summed E-state index contributed by atoms with van der Waals surface area (Å²) in [5, 5.41) is 4.17. The van der Waals surface area contributed by atoms with E-state index < -0.39 is 0 Å². The molecule has 120 valence electrons. The first-order chi connectivity index (χ1) is 10.7. The Labute approximate surface area is 136 Å². The van der Waals surface area contributed by atoms with Gasteiger partial charge in [0.05, 0.1) is 12.2 Å². The molecule has 1 amide bonds. The summed E-state index contributed by atoms with van der Waals surface area (Å²) in [7, 11) is 0. The van der Waals surface area contributed by atoms with Crippen LogP contribution in [0.15, 0.2) is 18.2 Å². The highest BCUT2D eigenvalue weighted by atomic mass is 35.5. The quantitative estimate of drug-likeness (QED) is 0.926. The van der Waals surface area contributed by atoms with E-state index in [1.807, 2.05) is 4.90 Å². The molecular formula is C17H23ClN2O2. The summed E-state index contributed by atoms with van der Waals surface area (Å²) in [4.78, 5) is 14.9. The molecule has 2 atom stereocenters. The Hall–Kier alpha value is -1.26. The van der Waals surface area contributed by atoms with Gasteiger partial charge < -0.3 is 15.0 Å². The maximum atomic E-state index is 12.9. The smallest absolute Gasteiger partial charge is 0.257 e. The molecule has 22 heavy (non-hydrogen) atoms. The second-order valence-electron chi connectivity index (χ2n) is 6.17. The van der Waals surface area contributed by atoms with Crippen molar-refractivity contribution in [2.75, 3.05) is 19.7 Å². The Balaban J connectivity index is 1.79. The fourth-order valence-electron chi connectivity index (χ4n) is 3.31. The molecule has 2 aliphatic heterocycles. The van der Waals surface area contributed by atoms with Gasteiger partial charge in [-0.2, -0.15) is 0 Å². The summed E-state index contributed by atoms with van der Waals surface area (Å²) in [6, 6.07) is 6.29. The molecule has 0 saturated carbocycles. The van der Waals surface area contributed by atoms with Crippen molar-refractivity contribution in [2.45, 2.75) is 44.7 Å². The molecule has 2 aliphatic rings. The lowest BCUT2D eigenvalue weighted by atomic mass is 10.1. The lowest BCUT2D eigenvalue weighted by molar-refractivity contribution is 0.0743. The van der Waals surface area contributed by atoms with Crippen LogP contribution in [-0.4, -0.2) is 42.6 Å². The van der Waals surface area contributed by atoms with Gasteiger partial charge >= 0.3 is 0 Å². The van der Waals surface area contributed by atoms with Gasteiger partial charge in [0.2, 0.25) is 0 Å². The predicted octanol–water partition coefficient (Wildman–Crippen LogP) is 3.10. The van der Waals surface area contributed by atoms with Crippen molar-refractivity contribution in [1.29, 1.82) is 0 Å². The number of hydrogen-bond acceptors (Lipinski definition) is 3. The van der Waals surface area contributed by atoms with Crippen LogP contribution in [0.2, 0.25) is 5.02 Å². The van der Waals surface area contributed by atoms with E-state index in [9.17, 15) is 4.79 Å². The summed E-state index contributed by atoms with van der Waals surface area (Å²) in [5.74, 6) is 0.668. The molecule has 2 heterocycles. The van der Waals surface area contributed by atoms with Crippen LogP contribution in [0.1, 0.15) is 43.0 Å². The monoisotopic (exact) mass is 322 g/mol. The van der Waals surface area contributed by atoms with Crippen molar-refractivity contribution in [3.8, 4) is 5.75 Å². The van der Waals surface area contributed by atoms with Gasteiger partial charge in [-0.15, -0.1) is 0 Å². The summed E-state index contributed by atoms with van der Waals surface area (Å²) in [6.07, 6.45) is 4.32. The molecular weight excluding hydrogens is 300 g/mol. The number of amides is 1. The molecule has 0 spiro atoms. The fourth-order valence-corrected chi connectivity index (χ4v) is 3.48. The average Bonchev–Trinajstić information content (AvgIpc) is 2.84. The number of benzene rings is 1. The standard InChI is InChI=1S/C17H23ClN2O2/c1-2-9-22-16-6-3-12(18)10-15(16)17(21)20-8-7-13-4-5-14(11-20)19-13/h3,6,10,13-14,19H,2,4-5,7-9,11H2,1H3. The topological polar surface area (TPSA) is 41.6 Å². The third-order valence-electron chi connectivity index (χ3n) is 4.44. The van der Waals surface area contributed by atoms with Gasteiger partial charge in [-0.3, -0.25) is 4.79 Å². The molecule has 4 nitrogen and oxygen atoms in total. The van der Waals surface area contributed by atoms with Gasteiger partial charge in [0.1, 0.15) is 5.75 Å². The van der Waals surface area contributed by atoms with Crippen LogP contribution in [0.25, 0.3) is 0 Å². The van der Waals surface area contributed by atoms with E-state index in [2.05, 4.69) is 12.2 Å². The molecule has 5 heteroatoms. The Morgan fingerprint density at radius 3 is 3.00 bits per heavy atom. The number of nitrogens with zero attached hydrogens (tertiary/aromatic N) is 1. The van der Waals surface area contributed by atoms with Crippen LogP contribution in [0.3, 0.4) is 0 Å². The molecule has 1 aromatic rings. The predicted molar refractivity (Wildman–Crippen MR) is 87.7 cm³/mol. The van der Waals surface area contributed by atoms with Gasteiger partial charge in [-0.1, -0.05) is 18.5 Å². The number of halogens is 1. The lowest BCUT2D eigenvalue weighted by Gasteiger charge is -2.25. The molecule has 0 aliphatic carbocycles. The van der Waals surface area contributed by atoms with Crippen molar-refractivity contribution in [3.63, 3.8) is 0 Å². The average molecular weight is 323 g/mol. The van der Waals surface area contributed by atoms with E-state index in [1.165, 1.54) is 6.42 Å². The number of fused-ring (bicyclic) bond motifs is 2. The van der Waals surface area contributed by atoms with E-state index in [1.54, 1.807) is 18.2 Å². The number of likely N-dealkylation sites (tertiary alicyclic amines) is 1. The molecule has 2 bridgehead atoms. The number of ether oxygens (including phenoxy) is 1. The van der Waals surface area contributed by atoms with Gasteiger partial charge in [-0.05, 0) is 43.9 Å². The second-order valence-corrected chi connectivity index (χ2v) is 6.60.